The molecule has 0 aliphatic heterocycles. The lowest BCUT2D eigenvalue weighted by atomic mass is 10.1. The predicted octanol–water partition coefficient (Wildman–Crippen LogP) is 4.43. The zero-order valence-corrected chi connectivity index (χ0v) is 17.4. The SMILES string of the molecule is CC(C)OC(Cc1cccc(OC[C@H](F)COc2ccc(Cl)cc2C#N)c1)C(=O)O. The number of hydrogen-bond donors (Lipinski definition) is 1. The quantitative estimate of drug-likeness (QED) is 0.561. The van der Waals surface area contributed by atoms with Crippen molar-refractivity contribution in [1.29, 1.82) is 5.26 Å². The Labute approximate surface area is 179 Å². The number of carbonyl (C=O) groups is 1. The second kappa shape index (κ2) is 11.4. The fourth-order valence-electron chi connectivity index (χ4n) is 2.63. The third-order valence-corrected chi connectivity index (χ3v) is 4.18. The van der Waals surface area contributed by atoms with Crippen molar-refractivity contribution in [2.24, 2.45) is 0 Å². The standard InChI is InChI=1S/C22H23ClFNO5/c1-14(2)30-21(22(26)27)9-15-4-3-5-19(8-15)28-12-18(24)13-29-20-7-6-17(23)10-16(20)11-25/h3-8,10,14,18,21H,9,12-13H2,1-2H3,(H,26,27)/t18-,21?/m0/s1. The number of nitrogens with zero attached hydrogens (tertiary/aromatic N) is 1. The number of alkyl halides is 1. The predicted molar refractivity (Wildman–Crippen MR) is 110 cm³/mol. The third kappa shape index (κ3) is 7.54. The average molecular weight is 436 g/mol. The molecule has 160 valence electrons. The molecule has 0 aliphatic carbocycles. The molecule has 2 atom stereocenters. The van der Waals surface area contributed by atoms with E-state index in [9.17, 15) is 14.3 Å². The molecule has 0 fully saturated rings. The van der Waals surface area contributed by atoms with Crippen molar-refractivity contribution in [3.63, 3.8) is 0 Å². The zero-order valence-electron chi connectivity index (χ0n) is 16.7. The number of ether oxygens (including phenoxy) is 3. The Morgan fingerprint density at radius 1 is 1.20 bits per heavy atom. The molecule has 2 aromatic rings. The summed E-state index contributed by atoms with van der Waals surface area (Å²) in [7, 11) is 0. The van der Waals surface area contributed by atoms with Gasteiger partial charge in [0, 0.05) is 11.4 Å². The Morgan fingerprint density at radius 3 is 2.60 bits per heavy atom. The number of aliphatic carboxylic acids is 1. The number of rotatable bonds is 11. The van der Waals surface area contributed by atoms with Gasteiger partial charge in [-0.15, -0.1) is 0 Å². The first kappa shape index (κ1) is 23.5. The van der Waals surface area contributed by atoms with Crippen LogP contribution >= 0.6 is 11.6 Å². The van der Waals surface area contributed by atoms with Crippen molar-refractivity contribution in [3.05, 3.63) is 58.6 Å². The molecule has 0 spiro atoms. The van der Waals surface area contributed by atoms with E-state index in [1.165, 1.54) is 12.1 Å². The minimum atomic E-state index is -1.44. The van der Waals surface area contributed by atoms with Crippen LogP contribution in [0.3, 0.4) is 0 Å². The van der Waals surface area contributed by atoms with E-state index in [2.05, 4.69) is 0 Å². The van der Waals surface area contributed by atoms with Gasteiger partial charge in [-0.3, -0.25) is 0 Å². The topological polar surface area (TPSA) is 88.8 Å². The number of benzene rings is 2. The molecule has 1 N–H and O–H groups in total. The lowest BCUT2D eigenvalue weighted by Crippen LogP contribution is -2.29. The second-order valence-electron chi connectivity index (χ2n) is 6.83. The highest BCUT2D eigenvalue weighted by Gasteiger charge is 2.20. The maximum atomic E-state index is 14.2. The van der Waals surface area contributed by atoms with Crippen LogP contribution in [0.4, 0.5) is 4.39 Å². The van der Waals surface area contributed by atoms with Crippen LogP contribution in [0.2, 0.25) is 5.02 Å². The van der Waals surface area contributed by atoms with Crippen molar-refractivity contribution in [1.82, 2.24) is 0 Å². The van der Waals surface area contributed by atoms with Gasteiger partial charge in [0.15, 0.2) is 12.3 Å². The molecule has 0 saturated heterocycles. The summed E-state index contributed by atoms with van der Waals surface area (Å²) in [5.41, 5.74) is 0.923. The van der Waals surface area contributed by atoms with Crippen LogP contribution in [0.25, 0.3) is 0 Å². The molecular weight excluding hydrogens is 413 g/mol. The van der Waals surface area contributed by atoms with E-state index in [0.29, 0.717) is 16.3 Å². The summed E-state index contributed by atoms with van der Waals surface area (Å²) >= 11 is 5.82. The molecule has 1 unspecified atom stereocenters. The Hall–Kier alpha value is -2.82. The van der Waals surface area contributed by atoms with E-state index in [1.54, 1.807) is 44.2 Å². The molecule has 30 heavy (non-hydrogen) atoms. The second-order valence-corrected chi connectivity index (χ2v) is 7.27. The van der Waals surface area contributed by atoms with E-state index in [-0.39, 0.29) is 37.1 Å². The Kier molecular flexibility index (Phi) is 8.90. The largest absolute Gasteiger partial charge is 0.490 e. The molecule has 0 heterocycles. The lowest BCUT2D eigenvalue weighted by molar-refractivity contribution is -0.153. The van der Waals surface area contributed by atoms with E-state index in [0.717, 1.165) is 0 Å². The van der Waals surface area contributed by atoms with Crippen molar-refractivity contribution in [3.8, 4) is 17.6 Å². The van der Waals surface area contributed by atoms with E-state index in [1.807, 2.05) is 6.07 Å². The molecule has 8 heteroatoms. The van der Waals surface area contributed by atoms with E-state index in [4.69, 9.17) is 31.1 Å². The summed E-state index contributed by atoms with van der Waals surface area (Å²) in [4.78, 5) is 11.3. The summed E-state index contributed by atoms with van der Waals surface area (Å²) in [6, 6.07) is 13.2. The van der Waals surface area contributed by atoms with E-state index >= 15 is 0 Å². The molecule has 0 amide bonds. The number of halogens is 2. The van der Waals surface area contributed by atoms with Crippen molar-refractivity contribution in [2.75, 3.05) is 13.2 Å². The summed E-state index contributed by atoms with van der Waals surface area (Å²) < 4.78 is 30.4. The first-order valence-electron chi connectivity index (χ1n) is 9.35. The van der Waals surface area contributed by atoms with Gasteiger partial charge in [0.05, 0.1) is 11.7 Å². The third-order valence-electron chi connectivity index (χ3n) is 3.94. The minimum Gasteiger partial charge on any atom is -0.490 e. The normalized spacial score (nSPS) is 12.8. The lowest BCUT2D eigenvalue weighted by Gasteiger charge is -2.17. The van der Waals surface area contributed by atoms with Gasteiger partial charge in [-0.2, -0.15) is 5.26 Å². The minimum absolute atomic E-state index is 0.167. The summed E-state index contributed by atoms with van der Waals surface area (Å²) in [5.74, 6) is -0.389. The number of hydrogen-bond acceptors (Lipinski definition) is 5. The van der Waals surface area contributed by atoms with E-state index < -0.39 is 18.2 Å². The van der Waals surface area contributed by atoms with Gasteiger partial charge in [-0.05, 0) is 49.7 Å². The van der Waals surface area contributed by atoms with Gasteiger partial charge in [-0.1, -0.05) is 23.7 Å². The molecule has 2 aromatic carbocycles. The number of nitriles is 1. The van der Waals surface area contributed by atoms with Crippen LogP contribution in [0, 0.1) is 11.3 Å². The molecule has 6 nitrogen and oxygen atoms in total. The zero-order chi connectivity index (χ0) is 22.1. The molecule has 0 saturated carbocycles. The van der Waals surface area contributed by atoms with Crippen LogP contribution in [0.1, 0.15) is 25.0 Å². The smallest absolute Gasteiger partial charge is 0.333 e. The van der Waals surface area contributed by atoms with Gasteiger partial charge in [0.25, 0.3) is 0 Å². The fourth-order valence-corrected chi connectivity index (χ4v) is 2.80. The number of carboxylic acids is 1. The molecule has 0 radical (unpaired) electrons. The van der Waals surface area contributed by atoms with Crippen LogP contribution in [-0.2, 0) is 16.0 Å². The molecule has 2 rings (SSSR count). The summed E-state index contributed by atoms with van der Waals surface area (Å²) in [5, 5.41) is 18.8. The molecular formula is C22H23ClFNO5. The van der Waals surface area contributed by atoms with Gasteiger partial charge in [0.2, 0.25) is 0 Å². The van der Waals surface area contributed by atoms with Gasteiger partial charge < -0.3 is 19.3 Å². The van der Waals surface area contributed by atoms with Crippen molar-refractivity contribution < 1.29 is 28.5 Å². The van der Waals surface area contributed by atoms with Crippen LogP contribution in [0.5, 0.6) is 11.5 Å². The number of carboxylic acid groups (broad SMARTS) is 1. The monoisotopic (exact) mass is 435 g/mol. The fraction of sp³-hybridized carbons (Fsp3) is 0.364. The van der Waals surface area contributed by atoms with Crippen LogP contribution in [0.15, 0.2) is 42.5 Å². The van der Waals surface area contributed by atoms with Gasteiger partial charge in [0.1, 0.15) is 30.8 Å². The highest BCUT2D eigenvalue weighted by molar-refractivity contribution is 6.30. The maximum absolute atomic E-state index is 14.2. The van der Waals surface area contributed by atoms with Crippen LogP contribution < -0.4 is 9.47 Å². The highest BCUT2D eigenvalue weighted by Crippen LogP contribution is 2.22. The maximum Gasteiger partial charge on any atom is 0.333 e. The molecule has 0 aromatic heterocycles. The summed E-state index contributed by atoms with van der Waals surface area (Å²) in [6.07, 6.45) is -2.47. The molecule has 0 aliphatic rings. The Morgan fingerprint density at radius 2 is 1.93 bits per heavy atom. The Balaban J connectivity index is 1.89. The first-order chi connectivity index (χ1) is 14.3. The van der Waals surface area contributed by atoms with Gasteiger partial charge >= 0.3 is 5.97 Å². The highest BCUT2D eigenvalue weighted by atomic mass is 35.5. The van der Waals surface area contributed by atoms with Gasteiger partial charge in [-0.25, -0.2) is 9.18 Å². The first-order valence-corrected chi connectivity index (χ1v) is 9.72. The van der Waals surface area contributed by atoms with Crippen LogP contribution in [-0.4, -0.2) is 42.7 Å². The Bertz CT molecular complexity index is 899. The molecule has 0 bridgehead atoms. The summed E-state index contributed by atoms with van der Waals surface area (Å²) in [6.45, 7) is 2.98. The van der Waals surface area contributed by atoms with Crippen molar-refractivity contribution >= 4 is 17.6 Å². The average Bonchev–Trinajstić information content (AvgIpc) is 2.70. The van der Waals surface area contributed by atoms with Crippen molar-refractivity contribution in [2.45, 2.75) is 38.6 Å².